The molecule has 2 aromatic carbocycles. The monoisotopic (exact) mass is 334 g/mol. The molecular formula is C19H22N6. The van der Waals surface area contributed by atoms with Gasteiger partial charge in [0, 0.05) is 31.2 Å². The Morgan fingerprint density at radius 2 is 1.56 bits per heavy atom. The molecule has 0 fully saturated rings. The molecule has 1 heterocycles. The van der Waals surface area contributed by atoms with Gasteiger partial charge in [0.2, 0.25) is 5.95 Å². The van der Waals surface area contributed by atoms with Crippen LogP contribution < -0.4 is 15.5 Å². The van der Waals surface area contributed by atoms with Gasteiger partial charge in [-0.2, -0.15) is 10.1 Å². The largest absolute Gasteiger partial charge is 0.378 e. The summed E-state index contributed by atoms with van der Waals surface area (Å²) in [5.74, 6) is 1.11. The Morgan fingerprint density at radius 1 is 0.880 bits per heavy atom. The van der Waals surface area contributed by atoms with E-state index in [1.54, 1.807) is 6.20 Å². The van der Waals surface area contributed by atoms with Crippen LogP contribution in [0.4, 0.5) is 28.8 Å². The maximum absolute atomic E-state index is 4.50. The number of nitrogens with one attached hydrogen (secondary N) is 2. The maximum Gasteiger partial charge on any atom is 0.249 e. The molecule has 0 spiro atoms. The standard InChI is InChI=1S/C19H22N6/c1-13-6-5-7-14(2)18(13)22-17-12-20-24-19(23-17)21-15-8-10-16(11-9-15)25(3)4/h5-12H,1-4H3,(H2,21,22,23,24). The molecule has 0 unspecified atom stereocenters. The molecule has 0 saturated carbocycles. The molecule has 128 valence electrons. The summed E-state index contributed by atoms with van der Waals surface area (Å²) in [6.07, 6.45) is 1.62. The predicted octanol–water partition coefficient (Wildman–Crippen LogP) is 4.04. The highest BCUT2D eigenvalue weighted by Crippen LogP contribution is 2.24. The van der Waals surface area contributed by atoms with Crippen LogP contribution in [0.1, 0.15) is 11.1 Å². The molecule has 0 aliphatic carbocycles. The second kappa shape index (κ2) is 7.17. The van der Waals surface area contributed by atoms with Crippen molar-refractivity contribution in [2.75, 3.05) is 29.6 Å². The van der Waals surface area contributed by atoms with Crippen LogP contribution >= 0.6 is 0 Å². The van der Waals surface area contributed by atoms with Crippen molar-refractivity contribution in [1.82, 2.24) is 15.2 Å². The first-order valence-corrected chi connectivity index (χ1v) is 8.10. The van der Waals surface area contributed by atoms with E-state index in [9.17, 15) is 0 Å². The number of rotatable bonds is 5. The smallest absolute Gasteiger partial charge is 0.249 e. The van der Waals surface area contributed by atoms with Gasteiger partial charge in [-0.1, -0.05) is 18.2 Å². The number of benzene rings is 2. The summed E-state index contributed by atoms with van der Waals surface area (Å²) >= 11 is 0. The lowest BCUT2D eigenvalue weighted by Crippen LogP contribution is -2.08. The Kier molecular flexibility index (Phi) is 4.79. The predicted molar refractivity (Wildman–Crippen MR) is 103 cm³/mol. The van der Waals surface area contributed by atoms with E-state index in [4.69, 9.17) is 0 Å². The lowest BCUT2D eigenvalue weighted by atomic mass is 10.1. The van der Waals surface area contributed by atoms with Crippen LogP contribution in [0.15, 0.2) is 48.7 Å². The number of hydrogen-bond donors (Lipinski definition) is 2. The van der Waals surface area contributed by atoms with Crippen molar-refractivity contribution in [3.05, 3.63) is 59.8 Å². The highest BCUT2D eigenvalue weighted by molar-refractivity contribution is 5.65. The Hall–Kier alpha value is -3.15. The third-order valence-corrected chi connectivity index (χ3v) is 3.93. The van der Waals surface area contributed by atoms with Gasteiger partial charge >= 0.3 is 0 Å². The Bertz CT molecular complexity index is 838. The zero-order valence-corrected chi connectivity index (χ0v) is 14.9. The fourth-order valence-corrected chi connectivity index (χ4v) is 2.53. The molecule has 0 saturated heterocycles. The van der Waals surface area contributed by atoms with Gasteiger partial charge in [-0.25, -0.2) is 0 Å². The topological polar surface area (TPSA) is 66.0 Å². The molecule has 6 nitrogen and oxygen atoms in total. The molecule has 3 rings (SSSR count). The Labute approximate surface area is 147 Å². The van der Waals surface area contributed by atoms with Gasteiger partial charge in [0.15, 0.2) is 5.82 Å². The molecule has 0 radical (unpaired) electrons. The summed E-state index contributed by atoms with van der Waals surface area (Å²) in [4.78, 5) is 6.55. The summed E-state index contributed by atoms with van der Waals surface area (Å²) in [5.41, 5.74) is 5.41. The van der Waals surface area contributed by atoms with E-state index < -0.39 is 0 Å². The van der Waals surface area contributed by atoms with Crippen molar-refractivity contribution in [2.45, 2.75) is 13.8 Å². The lowest BCUT2D eigenvalue weighted by molar-refractivity contribution is 0.981. The van der Waals surface area contributed by atoms with Gasteiger partial charge in [-0.15, -0.1) is 5.10 Å². The second-order valence-corrected chi connectivity index (χ2v) is 6.12. The molecule has 6 heteroatoms. The SMILES string of the molecule is Cc1cccc(C)c1Nc1cnnc(Nc2ccc(N(C)C)cc2)n1. The van der Waals surface area contributed by atoms with Gasteiger partial charge in [-0.05, 0) is 49.2 Å². The summed E-state index contributed by atoms with van der Waals surface area (Å²) in [6.45, 7) is 4.13. The van der Waals surface area contributed by atoms with Crippen molar-refractivity contribution in [2.24, 2.45) is 0 Å². The van der Waals surface area contributed by atoms with Gasteiger partial charge in [0.1, 0.15) is 0 Å². The van der Waals surface area contributed by atoms with E-state index in [1.165, 1.54) is 0 Å². The minimum Gasteiger partial charge on any atom is -0.378 e. The van der Waals surface area contributed by atoms with E-state index in [0.29, 0.717) is 11.8 Å². The van der Waals surface area contributed by atoms with Crippen LogP contribution in [0.3, 0.4) is 0 Å². The van der Waals surface area contributed by atoms with Crippen LogP contribution in [0, 0.1) is 13.8 Å². The third kappa shape index (κ3) is 4.03. The summed E-state index contributed by atoms with van der Waals surface area (Å²) in [7, 11) is 4.02. The van der Waals surface area contributed by atoms with Crippen LogP contribution in [0.2, 0.25) is 0 Å². The van der Waals surface area contributed by atoms with Crippen molar-refractivity contribution in [3.63, 3.8) is 0 Å². The summed E-state index contributed by atoms with van der Waals surface area (Å²) in [6, 6.07) is 14.2. The average Bonchev–Trinajstić information content (AvgIpc) is 2.59. The fourth-order valence-electron chi connectivity index (χ4n) is 2.53. The van der Waals surface area contributed by atoms with E-state index in [2.05, 4.69) is 56.7 Å². The molecule has 0 aliphatic heterocycles. The Balaban J connectivity index is 1.77. The number of para-hydroxylation sites is 1. The molecule has 3 aromatic rings. The molecule has 0 bridgehead atoms. The number of aryl methyl sites for hydroxylation is 2. The second-order valence-electron chi connectivity index (χ2n) is 6.12. The highest BCUT2D eigenvalue weighted by atomic mass is 15.3. The maximum atomic E-state index is 4.50. The third-order valence-electron chi connectivity index (χ3n) is 3.93. The lowest BCUT2D eigenvalue weighted by Gasteiger charge is -2.13. The molecule has 1 aromatic heterocycles. The molecule has 25 heavy (non-hydrogen) atoms. The quantitative estimate of drug-likeness (QED) is 0.734. The first kappa shape index (κ1) is 16.7. The molecule has 0 aliphatic rings. The van der Waals surface area contributed by atoms with E-state index in [1.807, 2.05) is 44.4 Å². The molecule has 0 atom stereocenters. The average molecular weight is 334 g/mol. The minimum absolute atomic E-state index is 0.453. The van der Waals surface area contributed by atoms with Crippen molar-refractivity contribution in [1.29, 1.82) is 0 Å². The van der Waals surface area contributed by atoms with Gasteiger partial charge in [-0.3, -0.25) is 0 Å². The summed E-state index contributed by atoms with van der Waals surface area (Å²) < 4.78 is 0. The van der Waals surface area contributed by atoms with Crippen LogP contribution in [-0.4, -0.2) is 29.3 Å². The normalized spacial score (nSPS) is 10.4. The van der Waals surface area contributed by atoms with Gasteiger partial charge < -0.3 is 15.5 Å². The summed E-state index contributed by atoms with van der Waals surface area (Å²) in [5, 5.41) is 14.6. The number of aromatic nitrogens is 3. The first-order chi connectivity index (χ1) is 12.0. The van der Waals surface area contributed by atoms with Crippen molar-refractivity contribution >= 4 is 28.8 Å². The Morgan fingerprint density at radius 3 is 2.20 bits per heavy atom. The van der Waals surface area contributed by atoms with Gasteiger partial charge in [0.05, 0.1) is 6.20 Å². The van der Waals surface area contributed by atoms with Gasteiger partial charge in [0.25, 0.3) is 0 Å². The van der Waals surface area contributed by atoms with Crippen molar-refractivity contribution in [3.8, 4) is 0 Å². The van der Waals surface area contributed by atoms with Crippen LogP contribution in [-0.2, 0) is 0 Å². The van der Waals surface area contributed by atoms with E-state index in [0.717, 1.165) is 28.2 Å². The fraction of sp³-hybridized carbons (Fsp3) is 0.211. The number of nitrogens with zero attached hydrogens (tertiary/aromatic N) is 4. The molecular weight excluding hydrogens is 312 g/mol. The molecule has 0 amide bonds. The highest BCUT2D eigenvalue weighted by Gasteiger charge is 2.06. The van der Waals surface area contributed by atoms with E-state index >= 15 is 0 Å². The molecule has 2 N–H and O–H groups in total. The zero-order valence-electron chi connectivity index (χ0n) is 14.9. The first-order valence-electron chi connectivity index (χ1n) is 8.10. The number of anilines is 5. The number of hydrogen-bond acceptors (Lipinski definition) is 6. The zero-order chi connectivity index (χ0) is 17.8. The minimum atomic E-state index is 0.453. The van der Waals surface area contributed by atoms with Crippen LogP contribution in [0.25, 0.3) is 0 Å². The van der Waals surface area contributed by atoms with Crippen molar-refractivity contribution < 1.29 is 0 Å². The van der Waals surface area contributed by atoms with E-state index in [-0.39, 0.29) is 0 Å². The van der Waals surface area contributed by atoms with Crippen LogP contribution in [0.5, 0.6) is 0 Å².